The fourth-order valence-electron chi connectivity index (χ4n) is 2.22. The van der Waals surface area contributed by atoms with Crippen LogP contribution in [0.15, 0.2) is 24.3 Å². The van der Waals surface area contributed by atoms with E-state index in [0.717, 1.165) is 5.69 Å². The van der Waals surface area contributed by atoms with Crippen molar-refractivity contribution in [3.8, 4) is 0 Å². The lowest BCUT2D eigenvalue weighted by Gasteiger charge is -2.21. The van der Waals surface area contributed by atoms with Crippen LogP contribution in [0.2, 0.25) is 0 Å². The monoisotopic (exact) mass is 249 g/mol. The smallest absolute Gasteiger partial charge is 0.0672 e. The summed E-state index contributed by atoms with van der Waals surface area (Å²) in [4.78, 5) is 0. The van der Waals surface area contributed by atoms with Gasteiger partial charge in [-0.15, -0.1) is 0 Å². The lowest BCUT2D eigenvalue weighted by Crippen LogP contribution is -2.30. The van der Waals surface area contributed by atoms with E-state index >= 15 is 0 Å². The molecule has 0 aliphatic carbocycles. The lowest BCUT2D eigenvalue weighted by molar-refractivity contribution is 0.161. The van der Waals surface area contributed by atoms with E-state index in [4.69, 9.17) is 4.74 Å². The number of benzene rings is 1. The van der Waals surface area contributed by atoms with E-state index in [2.05, 4.69) is 50.4 Å². The van der Waals surface area contributed by atoms with Gasteiger partial charge in [-0.25, -0.2) is 0 Å². The molecule has 1 aromatic carbocycles. The van der Waals surface area contributed by atoms with Gasteiger partial charge in [-0.3, -0.25) is 0 Å². The molecule has 0 radical (unpaired) electrons. The zero-order valence-corrected chi connectivity index (χ0v) is 11.4. The van der Waals surface area contributed by atoms with E-state index in [1.165, 1.54) is 5.56 Å². The Morgan fingerprint density at radius 1 is 1.22 bits per heavy atom. The quantitative estimate of drug-likeness (QED) is 0.864. The van der Waals surface area contributed by atoms with Crippen molar-refractivity contribution >= 4 is 5.69 Å². The number of ether oxygens (including phenoxy) is 1. The van der Waals surface area contributed by atoms with Gasteiger partial charge in [0.2, 0.25) is 0 Å². The molecule has 1 aromatic rings. The summed E-state index contributed by atoms with van der Waals surface area (Å²) in [6.45, 7) is 8.13. The third-order valence-corrected chi connectivity index (χ3v) is 3.54. The molecule has 1 aliphatic rings. The molecule has 2 atom stereocenters. The Hall–Kier alpha value is -1.06. The summed E-state index contributed by atoms with van der Waals surface area (Å²) in [5.41, 5.74) is 2.61. The summed E-state index contributed by atoms with van der Waals surface area (Å²) < 4.78 is 5.39. The van der Waals surface area contributed by atoms with Gasteiger partial charge in [-0.05, 0) is 23.1 Å². The van der Waals surface area contributed by atoms with Crippen LogP contribution in [0, 0.1) is 5.92 Å². The van der Waals surface area contributed by atoms with Crippen LogP contribution in [0.25, 0.3) is 0 Å². The molecule has 1 aliphatic heterocycles. The summed E-state index contributed by atoms with van der Waals surface area (Å²) in [5.74, 6) is 0.201. The third kappa shape index (κ3) is 3.03. The molecule has 2 rings (SSSR count). The fraction of sp³-hybridized carbons (Fsp3) is 0.600. The number of aliphatic hydroxyl groups is 1. The zero-order chi connectivity index (χ0) is 13.2. The highest BCUT2D eigenvalue weighted by molar-refractivity contribution is 5.46. The maximum absolute atomic E-state index is 9.25. The van der Waals surface area contributed by atoms with Gasteiger partial charge in [0, 0.05) is 11.6 Å². The van der Waals surface area contributed by atoms with Crippen LogP contribution in [0.1, 0.15) is 26.3 Å². The van der Waals surface area contributed by atoms with Crippen LogP contribution in [0.4, 0.5) is 5.69 Å². The van der Waals surface area contributed by atoms with Crippen LogP contribution in [0.5, 0.6) is 0 Å². The van der Waals surface area contributed by atoms with Gasteiger partial charge >= 0.3 is 0 Å². The normalized spacial score (nSPS) is 24.2. The van der Waals surface area contributed by atoms with Crippen LogP contribution in [0.3, 0.4) is 0 Å². The first-order valence-corrected chi connectivity index (χ1v) is 6.56. The summed E-state index contributed by atoms with van der Waals surface area (Å²) >= 11 is 0. The second-order valence-corrected chi connectivity index (χ2v) is 6.06. The summed E-state index contributed by atoms with van der Waals surface area (Å²) in [7, 11) is 0. The molecule has 0 saturated carbocycles. The fourth-order valence-corrected chi connectivity index (χ4v) is 2.22. The van der Waals surface area contributed by atoms with Crippen molar-refractivity contribution in [2.75, 3.05) is 25.1 Å². The summed E-state index contributed by atoms with van der Waals surface area (Å²) in [5, 5.41) is 12.7. The van der Waals surface area contributed by atoms with Gasteiger partial charge in [0.05, 0.1) is 25.9 Å². The number of aliphatic hydroxyl groups excluding tert-OH is 1. The minimum atomic E-state index is 0.178. The molecule has 0 spiro atoms. The van der Waals surface area contributed by atoms with Crippen molar-refractivity contribution in [3.63, 3.8) is 0 Å². The maximum Gasteiger partial charge on any atom is 0.0672 e. The SMILES string of the molecule is CC(C)(C)c1ccc(N[C@@H]2COC[C@@H]2CO)cc1. The molecule has 18 heavy (non-hydrogen) atoms. The minimum Gasteiger partial charge on any atom is -0.396 e. The van der Waals surface area contributed by atoms with E-state index in [1.807, 2.05) is 0 Å². The molecular formula is C15H23NO2. The second kappa shape index (κ2) is 5.29. The average molecular weight is 249 g/mol. The van der Waals surface area contributed by atoms with Crippen LogP contribution in [-0.4, -0.2) is 31.0 Å². The Kier molecular flexibility index (Phi) is 3.93. The summed E-state index contributed by atoms with van der Waals surface area (Å²) in [6.07, 6.45) is 0. The molecular weight excluding hydrogens is 226 g/mol. The lowest BCUT2D eigenvalue weighted by atomic mass is 9.87. The molecule has 1 fully saturated rings. The van der Waals surface area contributed by atoms with Gasteiger partial charge in [0.1, 0.15) is 0 Å². The topological polar surface area (TPSA) is 41.5 Å². The Balaban J connectivity index is 2.02. The highest BCUT2D eigenvalue weighted by atomic mass is 16.5. The number of anilines is 1. The van der Waals surface area contributed by atoms with E-state index in [1.54, 1.807) is 0 Å². The number of hydrogen-bond donors (Lipinski definition) is 2. The highest BCUT2D eigenvalue weighted by Crippen LogP contribution is 2.25. The van der Waals surface area contributed by atoms with Crippen molar-refractivity contribution in [3.05, 3.63) is 29.8 Å². The van der Waals surface area contributed by atoms with Crippen LogP contribution in [-0.2, 0) is 10.2 Å². The molecule has 0 unspecified atom stereocenters. The molecule has 100 valence electrons. The molecule has 1 saturated heterocycles. The maximum atomic E-state index is 9.25. The molecule has 0 amide bonds. The Morgan fingerprint density at radius 2 is 1.89 bits per heavy atom. The highest BCUT2D eigenvalue weighted by Gasteiger charge is 2.27. The minimum absolute atomic E-state index is 0.178. The van der Waals surface area contributed by atoms with Gasteiger partial charge in [0.15, 0.2) is 0 Å². The van der Waals surface area contributed by atoms with Gasteiger partial charge < -0.3 is 15.2 Å². The molecule has 3 nitrogen and oxygen atoms in total. The van der Waals surface area contributed by atoms with Gasteiger partial charge in [0.25, 0.3) is 0 Å². The van der Waals surface area contributed by atoms with Gasteiger partial charge in [-0.2, -0.15) is 0 Å². The predicted molar refractivity (Wildman–Crippen MR) is 73.9 cm³/mol. The number of nitrogens with one attached hydrogen (secondary N) is 1. The standard InChI is InChI=1S/C15H23NO2/c1-15(2,3)12-4-6-13(7-5-12)16-14-10-18-9-11(14)8-17/h4-7,11,14,16-17H,8-10H2,1-3H3/t11-,14+/m0/s1. The van der Waals surface area contributed by atoms with E-state index in [9.17, 15) is 5.11 Å². The Labute approximate surface area is 109 Å². The molecule has 1 heterocycles. The third-order valence-electron chi connectivity index (χ3n) is 3.54. The van der Waals surface area contributed by atoms with Gasteiger partial charge in [-0.1, -0.05) is 32.9 Å². The second-order valence-electron chi connectivity index (χ2n) is 6.06. The first kappa shape index (κ1) is 13.4. The zero-order valence-electron chi connectivity index (χ0n) is 11.4. The largest absolute Gasteiger partial charge is 0.396 e. The first-order chi connectivity index (χ1) is 8.50. The molecule has 3 heteroatoms. The summed E-state index contributed by atoms with van der Waals surface area (Å²) in [6, 6.07) is 8.74. The molecule has 0 bridgehead atoms. The predicted octanol–water partition coefficient (Wildman–Crippen LogP) is 2.40. The van der Waals surface area contributed by atoms with E-state index < -0.39 is 0 Å². The van der Waals surface area contributed by atoms with Crippen LogP contribution >= 0.6 is 0 Å². The molecule has 2 N–H and O–H groups in total. The van der Waals surface area contributed by atoms with Crippen LogP contribution < -0.4 is 5.32 Å². The number of hydrogen-bond acceptors (Lipinski definition) is 3. The van der Waals surface area contributed by atoms with Crippen molar-refractivity contribution in [1.29, 1.82) is 0 Å². The average Bonchev–Trinajstić information content (AvgIpc) is 2.76. The van der Waals surface area contributed by atoms with Crippen molar-refractivity contribution in [2.24, 2.45) is 5.92 Å². The first-order valence-electron chi connectivity index (χ1n) is 6.56. The Morgan fingerprint density at radius 3 is 2.44 bits per heavy atom. The van der Waals surface area contributed by atoms with Crippen molar-refractivity contribution in [2.45, 2.75) is 32.2 Å². The van der Waals surface area contributed by atoms with Crippen molar-refractivity contribution in [1.82, 2.24) is 0 Å². The van der Waals surface area contributed by atoms with E-state index in [0.29, 0.717) is 13.2 Å². The number of rotatable bonds is 3. The Bertz CT molecular complexity index is 380. The van der Waals surface area contributed by atoms with Crippen molar-refractivity contribution < 1.29 is 9.84 Å². The van der Waals surface area contributed by atoms with E-state index in [-0.39, 0.29) is 24.0 Å². The molecule has 0 aromatic heterocycles.